The Hall–Kier alpha value is -1.13. The summed E-state index contributed by atoms with van der Waals surface area (Å²) >= 11 is 0. The lowest BCUT2D eigenvalue weighted by molar-refractivity contribution is -0.120. The molecule has 1 aliphatic rings. The molecule has 5 heteroatoms. The quantitative estimate of drug-likeness (QED) is 0.870. The monoisotopic (exact) mass is 286 g/mol. The summed E-state index contributed by atoms with van der Waals surface area (Å²) in [4.78, 5) is 11.6. The van der Waals surface area contributed by atoms with Crippen LogP contribution in [-0.4, -0.2) is 25.0 Å². The Balaban J connectivity index is 0.00000180. The van der Waals surface area contributed by atoms with Gasteiger partial charge in [0.1, 0.15) is 5.82 Å². The minimum absolute atomic E-state index is 0. The molecule has 1 saturated heterocycles. The van der Waals surface area contributed by atoms with Crippen molar-refractivity contribution in [2.24, 2.45) is 0 Å². The second-order valence-electron chi connectivity index (χ2n) is 4.74. The first-order valence-corrected chi connectivity index (χ1v) is 6.48. The number of rotatable bonds is 5. The number of benzene rings is 1. The van der Waals surface area contributed by atoms with E-state index in [0.29, 0.717) is 19.0 Å². The predicted molar refractivity (Wildman–Crippen MR) is 76.0 cm³/mol. The maximum atomic E-state index is 12.7. The van der Waals surface area contributed by atoms with Crippen LogP contribution in [0.4, 0.5) is 4.39 Å². The predicted octanol–water partition coefficient (Wildman–Crippen LogP) is 2.05. The van der Waals surface area contributed by atoms with Gasteiger partial charge in [-0.05, 0) is 43.5 Å². The van der Waals surface area contributed by atoms with Gasteiger partial charge in [-0.1, -0.05) is 12.1 Å². The van der Waals surface area contributed by atoms with E-state index in [4.69, 9.17) is 0 Å². The molecule has 0 saturated carbocycles. The minimum Gasteiger partial charge on any atom is -0.356 e. The number of carbonyl (C=O) groups is 1. The van der Waals surface area contributed by atoms with Crippen LogP contribution in [0.5, 0.6) is 0 Å². The Kier molecular flexibility index (Phi) is 6.81. The van der Waals surface area contributed by atoms with Crippen LogP contribution in [0.3, 0.4) is 0 Å². The molecule has 0 radical (unpaired) electrons. The van der Waals surface area contributed by atoms with Crippen LogP contribution in [0.2, 0.25) is 0 Å². The Bertz CT molecular complexity index is 391. The van der Waals surface area contributed by atoms with Crippen molar-refractivity contribution in [3.63, 3.8) is 0 Å². The summed E-state index contributed by atoms with van der Waals surface area (Å²) in [5.74, 6) is -0.272. The molecule has 3 nitrogen and oxygen atoms in total. The molecule has 0 aromatic heterocycles. The zero-order valence-electron chi connectivity index (χ0n) is 10.8. The fraction of sp³-hybridized carbons (Fsp3) is 0.500. The molecule has 0 spiro atoms. The van der Waals surface area contributed by atoms with Crippen molar-refractivity contribution < 1.29 is 9.18 Å². The first-order valence-electron chi connectivity index (χ1n) is 6.48. The van der Waals surface area contributed by atoms with Gasteiger partial charge in [-0.15, -0.1) is 12.4 Å². The van der Waals surface area contributed by atoms with Crippen LogP contribution in [0, 0.1) is 5.82 Å². The van der Waals surface area contributed by atoms with Crippen LogP contribution in [0.25, 0.3) is 0 Å². The van der Waals surface area contributed by atoms with Gasteiger partial charge < -0.3 is 10.6 Å². The Morgan fingerprint density at radius 1 is 1.37 bits per heavy atom. The molecular weight excluding hydrogens is 267 g/mol. The first kappa shape index (κ1) is 15.9. The second kappa shape index (κ2) is 8.12. The summed E-state index contributed by atoms with van der Waals surface area (Å²) in [6.07, 6.45) is 3.73. The molecule has 0 bridgehead atoms. The van der Waals surface area contributed by atoms with E-state index in [2.05, 4.69) is 10.6 Å². The molecule has 1 heterocycles. The lowest BCUT2D eigenvalue weighted by Crippen LogP contribution is -2.31. The largest absolute Gasteiger partial charge is 0.356 e. The summed E-state index contributed by atoms with van der Waals surface area (Å²) in [5, 5.41) is 6.29. The van der Waals surface area contributed by atoms with Gasteiger partial charge in [-0.3, -0.25) is 4.79 Å². The smallest absolute Gasteiger partial charge is 0.224 e. The highest BCUT2D eigenvalue weighted by Crippen LogP contribution is 2.07. The minimum atomic E-state index is -0.272. The molecule has 2 N–H and O–H groups in total. The van der Waals surface area contributed by atoms with E-state index in [9.17, 15) is 9.18 Å². The summed E-state index contributed by atoms with van der Waals surface area (Å²) in [5.41, 5.74) is 0.841. The lowest BCUT2D eigenvalue weighted by Gasteiger charge is -2.10. The molecule has 2 rings (SSSR count). The number of hydrogen-bond donors (Lipinski definition) is 2. The third kappa shape index (κ3) is 5.57. The van der Waals surface area contributed by atoms with Crippen molar-refractivity contribution in [3.05, 3.63) is 35.6 Å². The maximum Gasteiger partial charge on any atom is 0.224 e. The topological polar surface area (TPSA) is 41.1 Å². The molecule has 1 aromatic carbocycles. The third-order valence-corrected chi connectivity index (χ3v) is 3.26. The van der Waals surface area contributed by atoms with E-state index in [1.165, 1.54) is 25.0 Å². The van der Waals surface area contributed by atoms with Crippen molar-refractivity contribution >= 4 is 18.3 Å². The van der Waals surface area contributed by atoms with Crippen LogP contribution >= 0.6 is 12.4 Å². The Morgan fingerprint density at radius 3 is 2.74 bits per heavy atom. The average Bonchev–Trinajstić information content (AvgIpc) is 2.85. The molecule has 1 amide bonds. The van der Waals surface area contributed by atoms with Gasteiger partial charge in [-0.25, -0.2) is 4.39 Å². The van der Waals surface area contributed by atoms with E-state index in [-0.39, 0.29) is 24.1 Å². The molecule has 0 aliphatic carbocycles. The van der Waals surface area contributed by atoms with Gasteiger partial charge in [-0.2, -0.15) is 0 Å². The number of nitrogens with one attached hydrogen (secondary N) is 2. The fourth-order valence-corrected chi connectivity index (χ4v) is 2.24. The van der Waals surface area contributed by atoms with Gasteiger partial charge in [0.25, 0.3) is 0 Å². The van der Waals surface area contributed by atoms with Gasteiger partial charge in [0.2, 0.25) is 5.91 Å². The molecule has 19 heavy (non-hydrogen) atoms. The normalized spacial score (nSPS) is 17.8. The summed E-state index contributed by atoms with van der Waals surface area (Å²) in [6.45, 7) is 1.80. The Labute approximate surface area is 119 Å². The maximum absolute atomic E-state index is 12.7. The van der Waals surface area contributed by atoms with Crippen LogP contribution < -0.4 is 10.6 Å². The standard InChI is InChI=1S/C14H19FN2O.ClH/c15-12-5-3-11(4-6-12)10-14(18)17-9-7-13-2-1-8-16-13;/h3-6,13,16H,1-2,7-10H2,(H,17,18);1H/t13-;/m1./s1. The zero-order chi connectivity index (χ0) is 12.8. The highest BCUT2D eigenvalue weighted by molar-refractivity contribution is 5.85. The SMILES string of the molecule is Cl.O=C(Cc1ccc(F)cc1)NCC[C@H]1CCCN1. The van der Waals surface area contributed by atoms with E-state index in [1.54, 1.807) is 12.1 Å². The van der Waals surface area contributed by atoms with E-state index in [0.717, 1.165) is 18.5 Å². The average molecular weight is 287 g/mol. The van der Waals surface area contributed by atoms with E-state index < -0.39 is 0 Å². The highest BCUT2D eigenvalue weighted by Gasteiger charge is 2.13. The van der Waals surface area contributed by atoms with Crippen LogP contribution in [-0.2, 0) is 11.2 Å². The van der Waals surface area contributed by atoms with Crippen molar-refractivity contribution in [2.75, 3.05) is 13.1 Å². The number of amides is 1. The van der Waals surface area contributed by atoms with E-state index >= 15 is 0 Å². The molecule has 1 aromatic rings. The third-order valence-electron chi connectivity index (χ3n) is 3.26. The van der Waals surface area contributed by atoms with Crippen molar-refractivity contribution in [3.8, 4) is 0 Å². The lowest BCUT2D eigenvalue weighted by atomic mass is 10.1. The van der Waals surface area contributed by atoms with Gasteiger partial charge in [0.05, 0.1) is 6.42 Å². The van der Waals surface area contributed by atoms with E-state index in [1.807, 2.05) is 0 Å². The van der Waals surface area contributed by atoms with Gasteiger partial charge in [0.15, 0.2) is 0 Å². The zero-order valence-corrected chi connectivity index (χ0v) is 11.6. The van der Waals surface area contributed by atoms with Crippen molar-refractivity contribution in [1.82, 2.24) is 10.6 Å². The summed E-state index contributed by atoms with van der Waals surface area (Å²) < 4.78 is 12.7. The molecule has 1 atom stereocenters. The molecule has 1 aliphatic heterocycles. The first-order chi connectivity index (χ1) is 8.74. The fourth-order valence-electron chi connectivity index (χ4n) is 2.24. The van der Waals surface area contributed by atoms with Crippen LogP contribution in [0.15, 0.2) is 24.3 Å². The summed E-state index contributed by atoms with van der Waals surface area (Å²) in [6, 6.07) is 6.60. The number of carbonyl (C=O) groups excluding carboxylic acids is 1. The van der Waals surface area contributed by atoms with Gasteiger partial charge in [0, 0.05) is 12.6 Å². The van der Waals surface area contributed by atoms with Crippen molar-refractivity contribution in [2.45, 2.75) is 31.7 Å². The molecule has 0 unspecified atom stereocenters. The number of halogens is 2. The van der Waals surface area contributed by atoms with Gasteiger partial charge >= 0.3 is 0 Å². The molecule has 1 fully saturated rings. The summed E-state index contributed by atoms with van der Waals surface area (Å²) in [7, 11) is 0. The van der Waals surface area contributed by atoms with Crippen LogP contribution in [0.1, 0.15) is 24.8 Å². The molecule has 106 valence electrons. The molecular formula is C14H20ClFN2O. The number of hydrogen-bond acceptors (Lipinski definition) is 2. The Morgan fingerprint density at radius 2 is 2.11 bits per heavy atom. The second-order valence-corrected chi connectivity index (χ2v) is 4.74. The van der Waals surface area contributed by atoms with Crippen molar-refractivity contribution in [1.29, 1.82) is 0 Å². The highest BCUT2D eigenvalue weighted by atomic mass is 35.5.